The van der Waals surface area contributed by atoms with Crippen molar-refractivity contribution in [3.63, 3.8) is 0 Å². The fraction of sp³-hybridized carbons (Fsp3) is 0.0312. The molecule has 0 saturated heterocycles. The molecule has 242 valence electrons. The number of rotatable bonds is 10. The van der Waals surface area contributed by atoms with Gasteiger partial charge in [0.05, 0.1) is 39.0 Å². The normalized spacial score (nSPS) is 14.2. The van der Waals surface area contributed by atoms with Gasteiger partial charge in [-0.25, -0.2) is 4.79 Å². The van der Waals surface area contributed by atoms with Crippen molar-refractivity contribution < 1.29 is 27.7 Å². The summed E-state index contributed by atoms with van der Waals surface area (Å²) in [4.78, 5) is 24.4. The fourth-order valence-electron chi connectivity index (χ4n) is 4.11. The summed E-state index contributed by atoms with van der Waals surface area (Å²) in [5.41, 5.74) is 18.5. The second kappa shape index (κ2) is 14.2. The number of nitrogens with one attached hydrogen (secondary N) is 1. The molecule has 1 aliphatic carbocycles. The first-order valence-electron chi connectivity index (χ1n) is 13.9. The Morgan fingerprint density at radius 2 is 1.40 bits per heavy atom. The molecule has 7 N–H and O–H groups in total. The van der Waals surface area contributed by atoms with Crippen molar-refractivity contribution in [3.05, 3.63) is 108 Å². The molecule has 0 heterocycles. The van der Waals surface area contributed by atoms with Gasteiger partial charge in [-0.3, -0.25) is 14.8 Å². The summed E-state index contributed by atoms with van der Waals surface area (Å²) in [5, 5.41) is 30.1. The Labute approximate surface area is 278 Å². The second-order valence-electron chi connectivity index (χ2n) is 10.1. The number of aryl methyl sites for hydroxylation is 1. The number of carbonyl (C=O) groups excluding carboxylic acids is 1. The van der Waals surface area contributed by atoms with Gasteiger partial charge in [0, 0.05) is 9.79 Å². The zero-order valence-corrected chi connectivity index (χ0v) is 26.6. The Kier molecular flexibility index (Phi) is 9.88. The maximum Gasteiger partial charge on any atom is 0.339 e. The van der Waals surface area contributed by atoms with E-state index in [2.05, 4.69) is 31.0 Å². The largest absolute Gasteiger partial charge is 0.478 e. The highest BCUT2D eigenvalue weighted by molar-refractivity contribution is 7.99. The zero-order valence-electron chi connectivity index (χ0n) is 25.0. The molecular formula is C32H26N8O6S2. The first kappa shape index (κ1) is 33.4. The summed E-state index contributed by atoms with van der Waals surface area (Å²) in [6.07, 6.45) is 3.81. The van der Waals surface area contributed by atoms with Gasteiger partial charge in [0.2, 0.25) is 0 Å². The monoisotopic (exact) mass is 682 g/mol. The van der Waals surface area contributed by atoms with E-state index < -0.39 is 21.9 Å². The van der Waals surface area contributed by atoms with Crippen molar-refractivity contribution >= 4 is 79.2 Å². The lowest BCUT2D eigenvalue weighted by Gasteiger charge is -2.09. The minimum absolute atomic E-state index is 0.156. The van der Waals surface area contributed by atoms with E-state index in [1.165, 1.54) is 48.2 Å². The number of hydrogen-bond acceptors (Lipinski definition) is 13. The average molecular weight is 683 g/mol. The standard InChI is InChI=1S/C32H26N8O6S2/c1-18-16-27(30(34)31(29(18)33)40-37-21-6-13-25(14-7-21)48(44,45)46)39-36-20-4-11-24(12-5-20)47-23-9-2-19(3-10-23)35-38-22-8-15-28(41)26(17-22)32(42)43/h2-17,35H,33-34H2,1H3,(H,42,43)(H,44,45,46). The van der Waals surface area contributed by atoms with Gasteiger partial charge in [-0.1, -0.05) is 11.8 Å². The molecule has 14 nitrogen and oxygen atoms in total. The summed E-state index contributed by atoms with van der Waals surface area (Å²) in [5.74, 6) is -1.89. The minimum atomic E-state index is -4.33. The number of nitrogens with two attached hydrogens (primary N) is 2. The predicted octanol–water partition coefficient (Wildman–Crippen LogP) is 7.31. The third-order valence-corrected chi connectivity index (χ3v) is 8.56. The molecule has 0 aromatic heterocycles. The first-order valence-corrected chi connectivity index (χ1v) is 16.1. The molecular weight excluding hydrogens is 657 g/mol. The molecule has 0 aliphatic heterocycles. The smallest absolute Gasteiger partial charge is 0.339 e. The van der Waals surface area contributed by atoms with Crippen LogP contribution in [0, 0.1) is 6.92 Å². The number of nitrogens with zero attached hydrogens (tertiary/aromatic N) is 5. The van der Waals surface area contributed by atoms with Crippen molar-refractivity contribution in [1.82, 2.24) is 0 Å². The number of allylic oxidation sites excluding steroid dienone is 3. The van der Waals surface area contributed by atoms with E-state index in [0.29, 0.717) is 39.7 Å². The number of ketones is 1. The quantitative estimate of drug-likeness (QED) is 0.0279. The third kappa shape index (κ3) is 8.24. The average Bonchev–Trinajstić information content (AvgIpc) is 3.06. The SMILES string of the molecule is Cc1cc(N=Nc2ccc(Sc3ccc(NN=C4C=CC(=O)C(C(=O)O)=C4)cc3)cc2)c(N)c(N=Nc2ccc(S(=O)(=O)O)cc2)c1N. The fourth-order valence-corrected chi connectivity index (χ4v) is 5.40. The molecule has 0 spiro atoms. The van der Waals surface area contributed by atoms with E-state index in [4.69, 9.17) is 21.1 Å². The van der Waals surface area contributed by atoms with E-state index in [1.807, 2.05) is 36.4 Å². The van der Waals surface area contributed by atoms with Crippen LogP contribution in [0.25, 0.3) is 0 Å². The molecule has 0 unspecified atom stereocenters. The van der Waals surface area contributed by atoms with Gasteiger partial charge in [0.1, 0.15) is 16.9 Å². The van der Waals surface area contributed by atoms with Crippen molar-refractivity contribution in [2.45, 2.75) is 21.6 Å². The van der Waals surface area contributed by atoms with Crippen molar-refractivity contribution in [2.75, 3.05) is 16.9 Å². The molecule has 4 aromatic rings. The minimum Gasteiger partial charge on any atom is -0.478 e. The van der Waals surface area contributed by atoms with Crippen LogP contribution in [0.1, 0.15) is 5.56 Å². The highest BCUT2D eigenvalue weighted by Crippen LogP contribution is 2.41. The number of aliphatic carboxylic acids is 1. The number of hydrazone groups is 1. The van der Waals surface area contributed by atoms with Crippen molar-refractivity contribution in [1.29, 1.82) is 0 Å². The highest BCUT2D eigenvalue weighted by Gasteiger charge is 2.19. The Morgan fingerprint density at radius 3 is 2.00 bits per heavy atom. The second-order valence-corrected chi connectivity index (χ2v) is 12.7. The molecule has 0 saturated carbocycles. The number of carboxylic acids is 1. The molecule has 5 rings (SSSR count). The van der Waals surface area contributed by atoms with Crippen LogP contribution < -0.4 is 16.9 Å². The zero-order chi connectivity index (χ0) is 34.4. The molecule has 0 atom stereocenters. The number of benzene rings is 4. The van der Waals surface area contributed by atoms with E-state index in [9.17, 15) is 18.0 Å². The number of azo groups is 2. The summed E-state index contributed by atoms with van der Waals surface area (Å²) >= 11 is 1.52. The van der Waals surface area contributed by atoms with Crippen LogP contribution in [0.4, 0.5) is 39.8 Å². The Balaban J connectivity index is 1.23. The summed E-state index contributed by atoms with van der Waals surface area (Å²) in [7, 11) is -4.33. The van der Waals surface area contributed by atoms with Gasteiger partial charge in [-0.15, -0.1) is 10.2 Å². The Morgan fingerprint density at radius 1 is 0.812 bits per heavy atom. The third-order valence-electron chi connectivity index (χ3n) is 6.67. The van der Waals surface area contributed by atoms with Crippen LogP contribution in [-0.2, 0) is 19.7 Å². The van der Waals surface area contributed by atoms with E-state index in [0.717, 1.165) is 15.9 Å². The Bertz CT molecular complexity index is 2160. The van der Waals surface area contributed by atoms with Gasteiger partial charge in [-0.2, -0.15) is 23.7 Å². The van der Waals surface area contributed by atoms with Crippen LogP contribution >= 0.6 is 11.8 Å². The lowest BCUT2D eigenvalue weighted by atomic mass is 10.0. The van der Waals surface area contributed by atoms with Gasteiger partial charge in [0.15, 0.2) is 5.78 Å². The number of carbonyl (C=O) groups is 2. The van der Waals surface area contributed by atoms with Gasteiger partial charge >= 0.3 is 5.97 Å². The van der Waals surface area contributed by atoms with E-state index in [-0.39, 0.29) is 21.8 Å². The maximum absolute atomic E-state index is 11.6. The summed E-state index contributed by atoms with van der Waals surface area (Å²) < 4.78 is 31.7. The first-order chi connectivity index (χ1) is 22.9. The Hall–Kier alpha value is -5.97. The number of nitrogen functional groups attached to an aromatic ring is 2. The molecule has 48 heavy (non-hydrogen) atoms. The van der Waals surface area contributed by atoms with Crippen LogP contribution in [0.15, 0.2) is 143 Å². The van der Waals surface area contributed by atoms with Crippen LogP contribution in [0.5, 0.6) is 0 Å². The summed E-state index contributed by atoms with van der Waals surface area (Å²) in [6.45, 7) is 1.77. The highest BCUT2D eigenvalue weighted by atomic mass is 32.2. The van der Waals surface area contributed by atoms with Gasteiger partial charge < -0.3 is 16.6 Å². The number of anilines is 3. The van der Waals surface area contributed by atoms with Crippen molar-refractivity contribution in [3.8, 4) is 0 Å². The molecule has 4 aromatic carbocycles. The van der Waals surface area contributed by atoms with Gasteiger partial charge in [-0.05, 0) is 110 Å². The van der Waals surface area contributed by atoms with E-state index >= 15 is 0 Å². The van der Waals surface area contributed by atoms with Crippen LogP contribution in [0.3, 0.4) is 0 Å². The van der Waals surface area contributed by atoms with Crippen molar-refractivity contribution in [2.24, 2.45) is 25.6 Å². The maximum atomic E-state index is 11.6. The number of carboxylic acid groups (broad SMARTS) is 1. The van der Waals surface area contributed by atoms with Crippen LogP contribution in [0.2, 0.25) is 0 Å². The summed E-state index contributed by atoms with van der Waals surface area (Å²) in [6, 6.07) is 21.7. The van der Waals surface area contributed by atoms with Gasteiger partial charge in [0.25, 0.3) is 10.1 Å². The predicted molar refractivity (Wildman–Crippen MR) is 183 cm³/mol. The lowest BCUT2D eigenvalue weighted by Crippen LogP contribution is -2.15. The van der Waals surface area contributed by atoms with Crippen LogP contribution in [-0.4, -0.2) is 35.5 Å². The molecule has 1 aliphatic rings. The molecule has 0 radical (unpaired) electrons. The topological polar surface area (TPSA) is 235 Å². The lowest BCUT2D eigenvalue weighted by molar-refractivity contribution is -0.134. The number of hydrogen-bond donors (Lipinski definition) is 5. The van der Waals surface area contributed by atoms with E-state index in [1.54, 1.807) is 25.1 Å². The molecule has 0 amide bonds. The molecule has 0 fully saturated rings. The molecule has 0 bridgehead atoms. The molecule has 16 heteroatoms.